The number of rotatable bonds is 15. The molecule has 26 heavy (non-hydrogen) atoms. The summed E-state index contributed by atoms with van der Waals surface area (Å²) < 4.78 is 0. The van der Waals surface area contributed by atoms with Gasteiger partial charge in [0.2, 0.25) is 0 Å². The van der Waals surface area contributed by atoms with E-state index in [4.69, 9.17) is 5.11 Å². The zero-order valence-electron chi connectivity index (χ0n) is 17.8. The third kappa shape index (κ3) is 8.84. The first-order valence-electron chi connectivity index (χ1n) is 11.3. The van der Waals surface area contributed by atoms with Gasteiger partial charge in [-0.1, -0.05) is 89.2 Å². The van der Waals surface area contributed by atoms with Crippen LogP contribution in [0.25, 0.3) is 0 Å². The Balaban J connectivity index is 2.05. The smallest absolute Gasteiger partial charge is 0.127 e. The first kappa shape index (κ1) is 23.4. The Kier molecular flexibility index (Phi) is 12.2. The standard InChI is InChI=1S/C24H44O2/c1-21-22(20-26)17-18-24(2,3)23(21)16-14-12-10-8-6-4-5-7-9-11-13-15-19-25/h20,22,25H,4-19H2,1-3H3. The first-order chi connectivity index (χ1) is 12.5. The fourth-order valence-electron chi connectivity index (χ4n) is 4.53. The lowest BCUT2D eigenvalue weighted by atomic mass is 9.68. The SMILES string of the molecule is CC1=C(CCCCCCCCCCCCCCO)C(C)(C)CCC1C=O. The van der Waals surface area contributed by atoms with Crippen molar-refractivity contribution < 1.29 is 9.90 Å². The number of hydrogen-bond acceptors (Lipinski definition) is 2. The molecule has 1 aliphatic carbocycles. The molecule has 2 heteroatoms. The zero-order chi connectivity index (χ0) is 19.3. The van der Waals surface area contributed by atoms with Gasteiger partial charge in [-0.05, 0) is 44.4 Å². The van der Waals surface area contributed by atoms with E-state index in [0.29, 0.717) is 12.0 Å². The largest absolute Gasteiger partial charge is 0.396 e. The van der Waals surface area contributed by atoms with E-state index < -0.39 is 0 Å². The minimum Gasteiger partial charge on any atom is -0.396 e. The van der Waals surface area contributed by atoms with E-state index >= 15 is 0 Å². The highest BCUT2D eigenvalue weighted by atomic mass is 16.2. The molecule has 0 aliphatic heterocycles. The lowest BCUT2D eigenvalue weighted by Crippen LogP contribution is -2.26. The summed E-state index contributed by atoms with van der Waals surface area (Å²) in [5, 5.41) is 8.75. The molecule has 152 valence electrons. The van der Waals surface area contributed by atoms with Crippen LogP contribution in [0.4, 0.5) is 0 Å². The number of aldehydes is 1. The Morgan fingerprint density at radius 2 is 1.35 bits per heavy atom. The summed E-state index contributed by atoms with van der Waals surface area (Å²) in [6.45, 7) is 7.26. The molecule has 0 aromatic rings. The molecule has 2 nitrogen and oxygen atoms in total. The maximum Gasteiger partial charge on any atom is 0.127 e. The summed E-state index contributed by atoms with van der Waals surface area (Å²) in [6.07, 6.45) is 20.2. The highest BCUT2D eigenvalue weighted by Gasteiger charge is 2.32. The second kappa shape index (κ2) is 13.5. The number of allylic oxidation sites excluding steroid dienone is 2. The second-order valence-corrected chi connectivity index (χ2v) is 9.04. The van der Waals surface area contributed by atoms with E-state index in [0.717, 1.165) is 25.5 Å². The molecule has 1 N–H and O–H groups in total. The molecule has 0 bridgehead atoms. The monoisotopic (exact) mass is 364 g/mol. The fraction of sp³-hybridized carbons (Fsp3) is 0.875. The summed E-state index contributed by atoms with van der Waals surface area (Å²) >= 11 is 0. The van der Waals surface area contributed by atoms with Gasteiger partial charge in [-0.25, -0.2) is 0 Å². The van der Waals surface area contributed by atoms with Gasteiger partial charge in [0.25, 0.3) is 0 Å². The Hall–Kier alpha value is -0.630. The molecular weight excluding hydrogens is 320 g/mol. The lowest BCUT2D eigenvalue weighted by molar-refractivity contribution is -0.110. The predicted octanol–water partition coefficient (Wildman–Crippen LogP) is 7.00. The molecule has 1 aliphatic rings. The van der Waals surface area contributed by atoms with E-state index in [1.165, 1.54) is 82.6 Å². The van der Waals surface area contributed by atoms with E-state index in [9.17, 15) is 4.79 Å². The van der Waals surface area contributed by atoms with E-state index in [1.54, 1.807) is 5.57 Å². The van der Waals surface area contributed by atoms with Crippen molar-refractivity contribution in [1.29, 1.82) is 0 Å². The molecule has 0 amide bonds. The van der Waals surface area contributed by atoms with Gasteiger partial charge in [-0.3, -0.25) is 0 Å². The lowest BCUT2D eigenvalue weighted by Gasteiger charge is -2.37. The number of hydrogen-bond donors (Lipinski definition) is 1. The van der Waals surface area contributed by atoms with Crippen LogP contribution in [0.3, 0.4) is 0 Å². The molecule has 1 unspecified atom stereocenters. The molecule has 1 rings (SSSR count). The Morgan fingerprint density at radius 3 is 1.81 bits per heavy atom. The molecule has 0 spiro atoms. The predicted molar refractivity (Wildman–Crippen MR) is 112 cm³/mol. The van der Waals surface area contributed by atoms with Gasteiger partial charge in [0.15, 0.2) is 0 Å². The van der Waals surface area contributed by atoms with Crippen LogP contribution in [-0.2, 0) is 4.79 Å². The second-order valence-electron chi connectivity index (χ2n) is 9.04. The molecule has 0 heterocycles. The van der Waals surface area contributed by atoms with E-state index in [2.05, 4.69) is 20.8 Å². The van der Waals surface area contributed by atoms with Crippen molar-refractivity contribution >= 4 is 6.29 Å². The van der Waals surface area contributed by atoms with Crippen LogP contribution in [0.15, 0.2) is 11.1 Å². The molecular formula is C24H44O2. The van der Waals surface area contributed by atoms with Crippen LogP contribution in [0.5, 0.6) is 0 Å². The average Bonchev–Trinajstić information content (AvgIpc) is 2.61. The molecule has 0 aromatic heterocycles. The molecule has 0 aromatic carbocycles. The molecule has 0 fully saturated rings. The fourth-order valence-corrected chi connectivity index (χ4v) is 4.53. The molecule has 1 atom stereocenters. The van der Waals surface area contributed by atoms with Gasteiger partial charge in [-0.15, -0.1) is 0 Å². The Labute approximate surface area is 162 Å². The molecule has 0 radical (unpaired) electrons. The zero-order valence-corrected chi connectivity index (χ0v) is 17.8. The molecule has 0 saturated heterocycles. The topological polar surface area (TPSA) is 37.3 Å². The highest BCUT2D eigenvalue weighted by Crippen LogP contribution is 2.44. The van der Waals surface area contributed by atoms with Crippen LogP contribution in [0.1, 0.15) is 117 Å². The van der Waals surface area contributed by atoms with Gasteiger partial charge in [0.1, 0.15) is 6.29 Å². The highest BCUT2D eigenvalue weighted by molar-refractivity contribution is 5.60. The van der Waals surface area contributed by atoms with Gasteiger partial charge in [0, 0.05) is 12.5 Å². The van der Waals surface area contributed by atoms with Crippen LogP contribution in [0, 0.1) is 11.3 Å². The van der Waals surface area contributed by atoms with Crippen LogP contribution >= 0.6 is 0 Å². The summed E-state index contributed by atoms with van der Waals surface area (Å²) in [5.74, 6) is 0.182. The Morgan fingerprint density at radius 1 is 0.885 bits per heavy atom. The van der Waals surface area contributed by atoms with Crippen molar-refractivity contribution in [2.75, 3.05) is 6.61 Å². The van der Waals surface area contributed by atoms with Crippen LogP contribution < -0.4 is 0 Å². The van der Waals surface area contributed by atoms with Crippen molar-refractivity contribution in [1.82, 2.24) is 0 Å². The van der Waals surface area contributed by atoms with Gasteiger partial charge < -0.3 is 9.90 Å². The molecule has 0 saturated carbocycles. The number of aliphatic hydroxyl groups excluding tert-OH is 1. The van der Waals surface area contributed by atoms with E-state index in [-0.39, 0.29) is 5.92 Å². The van der Waals surface area contributed by atoms with E-state index in [1.807, 2.05) is 0 Å². The summed E-state index contributed by atoms with van der Waals surface area (Å²) in [4.78, 5) is 11.3. The average molecular weight is 365 g/mol. The van der Waals surface area contributed by atoms with Gasteiger partial charge in [0.05, 0.1) is 0 Å². The maximum absolute atomic E-state index is 11.3. The first-order valence-corrected chi connectivity index (χ1v) is 11.3. The van der Waals surface area contributed by atoms with Crippen molar-refractivity contribution in [3.8, 4) is 0 Å². The van der Waals surface area contributed by atoms with Crippen molar-refractivity contribution in [2.24, 2.45) is 11.3 Å². The third-order valence-electron chi connectivity index (χ3n) is 6.43. The Bertz CT molecular complexity index is 408. The third-order valence-corrected chi connectivity index (χ3v) is 6.43. The van der Waals surface area contributed by atoms with Crippen LogP contribution in [-0.4, -0.2) is 18.0 Å². The maximum atomic E-state index is 11.3. The van der Waals surface area contributed by atoms with Crippen molar-refractivity contribution in [3.63, 3.8) is 0 Å². The number of aliphatic hydroxyl groups is 1. The summed E-state index contributed by atoms with van der Waals surface area (Å²) in [5.41, 5.74) is 3.23. The van der Waals surface area contributed by atoms with Crippen LogP contribution in [0.2, 0.25) is 0 Å². The normalized spacial score (nSPS) is 19.8. The number of carbonyl (C=O) groups excluding carboxylic acids is 1. The number of unbranched alkanes of at least 4 members (excludes halogenated alkanes) is 11. The quantitative estimate of drug-likeness (QED) is 0.193. The van der Waals surface area contributed by atoms with Crippen molar-refractivity contribution in [2.45, 2.75) is 117 Å². The minimum atomic E-state index is 0.182. The number of carbonyl (C=O) groups is 1. The van der Waals surface area contributed by atoms with Gasteiger partial charge >= 0.3 is 0 Å². The minimum absolute atomic E-state index is 0.182. The summed E-state index contributed by atoms with van der Waals surface area (Å²) in [6, 6.07) is 0. The summed E-state index contributed by atoms with van der Waals surface area (Å²) in [7, 11) is 0. The van der Waals surface area contributed by atoms with Crippen molar-refractivity contribution in [3.05, 3.63) is 11.1 Å². The van der Waals surface area contributed by atoms with Gasteiger partial charge in [-0.2, -0.15) is 0 Å².